The van der Waals surface area contributed by atoms with Crippen LogP contribution in [0.1, 0.15) is 12.5 Å². The number of rotatable bonds is 4. The van der Waals surface area contributed by atoms with Gasteiger partial charge in [0.1, 0.15) is 5.52 Å². The van der Waals surface area contributed by atoms with Crippen LogP contribution in [0.4, 0.5) is 18.9 Å². The Bertz CT molecular complexity index is 866. The lowest BCUT2D eigenvalue weighted by molar-refractivity contribution is -0.0913. The van der Waals surface area contributed by atoms with Gasteiger partial charge in [0.05, 0.1) is 17.7 Å². The molecule has 124 valence electrons. The lowest BCUT2D eigenvalue weighted by Crippen LogP contribution is -2.10. The zero-order valence-electron chi connectivity index (χ0n) is 12.9. The monoisotopic (exact) mass is 332 g/mol. The smallest absolute Gasteiger partial charge is 0.360 e. The fraction of sp³-hybridized carbons (Fsp3) is 0.176. The van der Waals surface area contributed by atoms with Gasteiger partial charge in [0.2, 0.25) is 0 Å². The first-order valence-electron chi connectivity index (χ1n) is 7.32. The quantitative estimate of drug-likeness (QED) is 0.772. The van der Waals surface area contributed by atoms with Crippen molar-refractivity contribution in [3.63, 3.8) is 0 Å². The summed E-state index contributed by atoms with van der Waals surface area (Å²) in [6.45, 7) is 1.55. The first-order chi connectivity index (χ1) is 11.4. The topological polar surface area (TPSA) is 42.7 Å². The van der Waals surface area contributed by atoms with Crippen LogP contribution in [0.5, 0.6) is 0 Å². The molecule has 3 rings (SSSR count). The van der Waals surface area contributed by atoms with Gasteiger partial charge < -0.3 is 5.32 Å². The molecule has 0 radical (unpaired) electrons. The number of allylic oxidation sites excluding steroid dienone is 1. The zero-order valence-corrected chi connectivity index (χ0v) is 12.9. The van der Waals surface area contributed by atoms with E-state index in [-0.39, 0.29) is 0 Å². The van der Waals surface area contributed by atoms with E-state index >= 15 is 0 Å². The van der Waals surface area contributed by atoms with E-state index in [9.17, 15) is 13.2 Å². The molecule has 2 aromatic carbocycles. The summed E-state index contributed by atoms with van der Waals surface area (Å²) in [5.41, 5.74) is 2.11. The Morgan fingerprint density at radius 3 is 2.58 bits per heavy atom. The van der Waals surface area contributed by atoms with Crippen LogP contribution >= 0.6 is 0 Å². The third-order valence-corrected chi connectivity index (χ3v) is 3.61. The van der Waals surface area contributed by atoms with Crippen LogP contribution in [-0.4, -0.2) is 21.2 Å². The Balaban J connectivity index is 1.89. The van der Waals surface area contributed by atoms with E-state index in [1.807, 2.05) is 36.4 Å². The second kappa shape index (κ2) is 6.35. The van der Waals surface area contributed by atoms with Crippen LogP contribution in [-0.2, 0) is 6.54 Å². The Labute approximate surface area is 136 Å². The van der Waals surface area contributed by atoms with E-state index in [0.29, 0.717) is 17.7 Å². The number of alkyl halides is 3. The standard InChI is InChI=1S/C17H15F3N4/c1-12(17(18,19)20)10-21-14-8-5-9-15-16(14)22-23-24(15)11-13-6-3-2-4-7-13/h2-10,21H,11H2,1H3/b12-10+. The molecule has 0 unspecified atom stereocenters. The molecule has 0 fully saturated rings. The molecule has 0 spiro atoms. The molecular formula is C17H15F3N4. The molecule has 0 bridgehead atoms. The molecular weight excluding hydrogens is 317 g/mol. The minimum absolute atomic E-state index is 0.482. The minimum atomic E-state index is -4.36. The van der Waals surface area contributed by atoms with Gasteiger partial charge in [-0.25, -0.2) is 4.68 Å². The van der Waals surface area contributed by atoms with Gasteiger partial charge in [0, 0.05) is 11.8 Å². The van der Waals surface area contributed by atoms with E-state index in [0.717, 1.165) is 24.2 Å². The average Bonchev–Trinajstić information content (AvgIpc) is 2.96. The van der Waals surface area contributed by atoms with Gasteiger partial charge in [-0.05, 0) is 24.6 Å². The first-order valence-corrected chi connectivity index (χ1v) is 7.32. The molecule has 0 saturated carbocycles. The highest BCUT2D eigenvalue weighted by molar-refractivity contribution is 5.88. The van der Waals surface area contributed by atoms with Crippen molar-refractivity contribution in [3.05, 3.63) is 65.9 Å². The van der Waals surface area contributed by atoms with Crippen molar-refractivity contribution >= 4 is 16.7 Å². The summed E-state index contributed by atoms with van der Waals surface area (Å²) in [5, 5.41) is 10.9. The number of halogens is 3. The maximum absolute atomic E-state index is 12.6. The highest BCUT2D eigenvalue weighted by atomic mass is 19.4. The lowest BCUT2D eigenvalue weighted by Gasteiger charge is -2.08. The van der Waals surface area contributed by atoms with Gasteiger partial charge >= 0.3 is 6.18 Å². The molecule has 0 aliphatic rings. The van der Waals surface area contributed by atoms with Gasteiger partial charge in [-0.15, -0.1) is 5.10 Å². The van der Waals surface area contributed by atoms with Crippen LogP contribution in [0.2, 0.25) is 0 Å². The van der Waals surface area contributed by atoms with Crippen molar-refractivity contribution in [1.29, 1.82) is 0 Å². The molecule has 0 saturated heterocycles. The number of anilines is 1. The predicted octanol–water partition coefficient (Wildman–Crippen LogP) is 4.36. The number of fused-ring (bicyclic) bond motifs is 1. The van der Waals surface area contributed by atoms with Crippen molar-refractivity contribution in [1.82, 2.24) is 15.0 Å². The van der Waals surface area contributed by atoms with Crippen LogP contribution in [0.15, 0.2) is 60.3 Å². The van der Waals surface area contributed by atoms with Gasteiger partial charge in [-0.3, -0.25) is 0 Å². The van der Waals surface area contributed by atoms with Gasteiger partial charge in [-0.2, -0.15) is 13.2 Å². The molecule has 0 amide bonds. The van der Waals surface area contributed by atoms with E-state index in [4.69, 9.17) is 0 Å². The Morgan fingerprint density at radius 1 is 1.12 bits per heavy atom. The lowest BCUT2D eigenvalue weighted by atomic mass is 10.2. The molecule has 0 atom stereocenters. The number of benzene rings is 2. The normalized spacial score (nSPS) is 12.6. The fourth-order valence-corrected chi connectivity index (χ4v) is 2.25. The maximum atomic E-state index is 12.6. The Morgan fingerprint density at radius 2 is 1.88 bits per heavy atom. The summed E-state index contributed by atoms with van der Waals surface area (Å²) < 4.78 is 39.4. The van der Waals surface area contributed by atoms with Crippen molar-refractivity contribution in [3.8, 4) is 0 Å². The minimum Gasteiger partial charge on any atom is -0.360 e. The first kappa shape index (κ1) is 16.0. The fourth-order valence-electron chi connectivity index (χ4n) is 2.25. The van der Waals surface area contributed by atoms with Crippen molar-refractivity contribution < 1.29 is 13.2 Å². The van der Waals surface area contributed by atoms with Crippen LogP contribution < -0.4 is 5.32 Å². The molecule has 24 heavy (non-hydrogen) atoms. The number of hydrogen-bond acceptors (Lipinski definition) is 3. The third-order valence-electron chi connectivity index (χ3n) is 3.61. The zero-order chi connectivity index (χ0) is 17.2. The summed E-state index contributed by atoms with van der Waals surface area (Å²) in [6.07, 6.45) is -3.42. The van der Waals surface area contributed by atoms with Crippen LogP contribution in [0.25, 0.3) is 11.0 Å². The molecule has 0 aliphatic carbocycles. The maximum Gasteiger partial charge on any atom is 0.413 e. The van der Waals surface area contributed by atoms with Gasteiger partial charge in [0.25, 0.3) is 0 Å². The molecule has 3 aromatic rings. The molecule has 1 N–H and O–H groups in total. The highest BCUT2D eigenvalue weighted by Gasteiger charge is 2.29. The predicted molar refractivity (Wildman–Crippen MR) is 86.5 cm³/mol. The third kappa shape index (κ3) is 3.40. The summed E-state index contributed by atoms with van der Waals surface area (Å²) >= 11 is 0. The van der Waals surface area contributed by atoms with Crippen molar-refractivity contribution in [2.75, 3.05) is 5.32 Å². The summed E-state index contributed by atoms with van der Waals surface area (Å²) in [6, 6.07) is 15.0. The number of aromatic nitrogens is 3. The second-order valence-corrected chi connectivity index (χ2v) is 5.38. The number of nitrogens with zero attached hydrogens (tertiary/aromatic N) is 3. The molecule has 4 nitrogen and oxygen atoms in total. The molecule has 0 aliphatic heterocycles. The molecule has 7 heteroatoms. The summed E-state index contributed by atoms with van der Waals surface area (Å²) in [4.78, 5) is 0. The van der Waals surface area contributed by atoms with E-state index < -0.39 is 11.7 Å². The SMILES string of the molecule is C/C(=C\Nc1cccc2c1nnn2Cc1ccccc1)C(F)(F)F. The molecule has 1 heterocycles. The Kier molecular flexibility index (Phi) is 4.24. The summed E-state index contributed by atoms with van der Waals surface area (Å²) in [5.74, 6) is 0. The molecule has 1 aromatic heterocycles. The second-order valence-electron chi connectivity index (χ2n) is 5.38. The van der Waals surface area contributed by atoms with E-state index in [2.05, 4.69) is 15.6 Å². The van der Waals surface area contributed by atoms with E-state index in [1.165, 1.54) is 0 Å². The largest absolute Gasteiger partial charge is 0.413 e. The van der Waals surface area contributed by atoms with Gasteiger partial charge in [-0.1, -0.05) is 41.6 Å². The Hall–Kier alpha value is -2.83. The number of nitrogens with one attached hydrogen (secondary N) is 1. The van der Waals surface area contributed by atoms with Crippen molar-refractivity contribution in [2.24, 2.45) is 0 Å². The highest BCUT2D eigenvalue weighted by Crippen LogP contribution is 2.26. The number of hydrogen-bond donors (Lipinski definition) is 1. The average molecular weight is 332 g/mol. The summed E-state index contributed by atoms with van der Waals surface area (Å²) in [7, 11) is 0. The van der Waals surface area contributed by atoms with Crippen molar-refractivity contribution in [2.45, 2.75) is 19.6 Å². The van der Waals surface area contributed by atoms with Gasteiger partial charge in [0.15, 0.2) is 0 Å². The van der Waals surface area contributed by atoms with Crippen LogP contribution in [0.3, 0.4) is 0 Å². The van der Waals surface area contributed by atoms with E-state index in [1.54, 1.807) is 16.8 Å². The van der Waals surface area contributed by atoms with Crippen LogP contribution in [0, 0.1) is 0 Å².